The lowest BCUT2D eigenvalue weighted by Crippen LogP contribution is -2.36. The van der Waals surface area contributed by atoms with Gasteiger partial charge < -0.3 is 5.11 Å². The molecule has 0 heterocycles. The van der Waals surface area contributed by atoms with Crippen LogP contribution in [0.4, 0.5) is 0 Å². The normalized spacial score (nSPS) is 13.2. The monoisotopic (exact) mass is 299 g/mol. The highest BCUT2D eigenvalue weighted by molar-refractivity contribution is 7.89. The summed E-state index contributed by atoms with van der Waals surface area (Å²) in [6.07, 6.45) is 1.71. The van der Waals surface area contributed by atoms with E-state index in [9.17, 15) is 13.2 Å². The molecule has 1 aromatic carbocycles. The van der Waals surface area contributed by atoms with Gasteiger partial charge in [0.15, 0.2) is 5.78 Å². The smallest absolute Gasteiger partial charge is 0.240 e. The molecule has 0 spiro atoms. The molecule has 5 nitrogen and oxygen atoms in total. The molecule has 0 bridgehead atoms. The number of aliphatic hydroxyl groups excluding tert-OH is 1. The first-order valence-electron chi connectivity index (χ1n) is 6.71. The lowest BCUT2D eigenvalue weighted by molar-refractivity contribution is 0.0981. The number of nitrogens with one attached hydrogen (secondary N) is 1. The maximum atomic E-state index is 12.1. The van der Waals surface area contributed by atoms with Gasteiger partial charge in [0.2, 0.25) is 10.0 Å². The number of sulfonamides is 1. The first-order chi connectivity index (χ1) is 9.44. The molecule has 0 aliphatic carbocycles. The van der Waals surface area contributed by atoms with Crippen molar-refractivity contribution in [1.29, 1.82) is 0 Å². The van der Waals surface area contributed by atoms with E-state index < -0.39 is 16.1 Å². The van der Waals surface area contributed by atoms with Gasteiger partial charge in [0.1, 0.15) is 0 Å². The van der Waals surface area contributed by atoms with Crippen molar-refractivity contribution in [3.8, 4) is 0 Å². The van der Waals surface area contributed by atoms with Crippen molar-refractivity contribution < 1.29 is 18.3 Å². The predicted molar refractivity (Wildman–Crippen MR) is 77.2 cm³/mol. The van der Waals surface area contributed by atoms with Crippen LogP contribution in [-0.4, -0.2) is 32.0 Å². The largest absolute Gasteiger partial charge is 0.395 e. The van der Waals surface area contributed by atoms with Crippen molar-refractivity contribution >= 4 is 15.8 Å². The van der Waals surface area contributed by atoms with E-state index in [1.807, 2.05) is 6.92 Å². The summed E-state index contributed by atoms with van der Waals surface area (Å²) >= 11 is 0. The van der Waals surface area contributed by atoms with Crippen molar-refractivity contribution in [2.24, 2.45) is 0 Å². The minimum absolute atomic E-state index is 0.00574. The molecule has 0 aliphatic rings. The molecule has 1 atom stereocenters. The van der Waals surface area contributed by atoms with Gasteiger partial charge in [0.05, 0.1) is 11.5 Å². The molecule has 6 heteroatoms. The number of Topliss-reactive ketones (excluding diaryl/α,β-unsaturated/α-hetero) is 1. The molecule has 0 amide bonds. The van der Waals surface area contributed by atoms with E-state index in [1.54, 1.807) is 6.92 Å². The molecule has 0 aliphatic heterocycles. The molecular weight excluding hydrogens is 278 g/mol. The zero-order valence-corrected chi connectivity index (χ0v) is 12.6. The van der Waals surface area contributed by atoms with Gasteiger partial charge in [0.25, 0.3) is 0 Å². The topological polar surface area (TPSA) is 83.5 Å². The fraction of sp³-hybridized carbons (Fsp3) is 0.500. The van der Waals surface area contributed by atoms with Crippen LogP contribution in [0.5, 0.6) is 0 Å². The third-order valence-corrected chi connectivity index (χ3v) is 4.54. The third-order valence-electron chi connectivity index (χ3n) is 3.00. The molecule has 20 heavy (non-hydrogen) atoms. The first kappa shape index (κ1) is 16.8. The van der Waals surface area contributed by atoms with E-state index in [1.165, 1.54) is 24.3 Å². The highest BCUT2D eigenvalue weighted by Gasteiger charge is 2.18. The second-order valence-electron chi connectivity index (χ2n) is 4.61. The van der Waals surface area contributed by atoms with Crippen LogP contribution in [0, 0.1) is 0 Å². The van der Waals surface area contributed by atoms with E-state index in [-0.39, 0.29) is 17.3 Å². The van der Waals surface area contributed by atoms with Crippen LogP contribution in [0.15, 0.2) is 29.2 Å². The van der Waals surface area contributed by atoms with Gasteiger partial charge in [-0.3, -0.25) is 4.79 Å². The highest BCUT2D eigenvalue weighted by atomic mass is 32.2. The molecular formula is C14H21NO4S. The number of carbonyl (C=O) groups excluding carboxylic acids is 1. The Hall–Kier alpha value is -1.24. The zero-order chi connectivity index (χ0) is 15.2. The summed E-state index contributed by atoms with van der Waals surface area (Å²) < 4.78 is 26.5. The van der Waals surface area contributed by atoms with Crippen LogP contribution in [0.3, 0.4) is 0 Å². The van der Waals surface area contributed by atoms with Gasteiger partial charge in [0, 0.05) is 18.0 Å². The molecule has 2 N–H and O–H groups in total. The zero-order valence-electron chi connectivity index (χ0n) is 11.8. The Balaban J connectivity index is 2.89. The summed E-state index contributed by atoms with van der Waals surface area (Å²) in [4.78, 5) is 11.8. The maximum Gasteiger partial charge on any atom is 0.240 e. The number of carbonyl (C=O) groups is 1. The Morgan fingerprint density at radius 3 is 2.30 bits per heavy atom. The number of rotatable bonds is 8. The first-order valence-corrected chi connectivity index (χ1v) is 8.19. The fourth-order valence-electron chi connectivity index (χ4n) is 1.73. The molecule has 1 unspecified atom stereocenters. The van der Waals surface area contributed by atoms with Crippen LogP contribution in [0.2, 0.25) is 0 Å². The van der Waals surface area contributed by atoms with Crippen molar-refractivity contribution in [3.63, 3.8) is 0 Å². The number of benzene rings is 1. The Morgan fingerprint density at radius 1 is 1.25 bits per heavy atom. The van der Waals surface area contributed by atoms with Gasteiger partial charge >= 0.3 is 0 Å². The number of hydrogen-bond acceptors (Lipinski definition) is 4. The van der Waals surface area contributed by atoms with Crippen molar-refractivity contribution in [3.05, 3.63) is 29.8 Å². The van der Waals surface area contributed by atoms with Crippen molar-refractivity contribution in [1.82, 2.24) is 4.72 Å². The Kier molecular flexibility index (Phi) is 6.32. The van der Waals surface area contributed by atoms with Gasteiger partial charge in [-0.2, -0.15) is 0 Å². The van der Waals surface area contributed by atoms with E-state index in [0.717, 1.165) is 6.42 Å². The summed E-state index contributed by atoms with van der Waals surface area (Å²) in [5.41, 5.74) is 0.514. The van der Waals surface area contributed by atoms with Gasteiger partial charge in [-0.05, 0) is 25.0 Å². The van der Waals surface area contributed by atoms with E-state index >= 15 is 0 Å². The van der Waals surface area contributed by atoms with Crippen molar-refractivity contribution in [2.45, 2.75) is 44.0 Å². The number of ketones is 1. The molecule has 0 radical (unpaired) electrons. The predicted octanol–water partition coefficient (Wildman–Crippen LogP) is 1.72. The second-order valence-corrected chi connectivity index (χ2v) is 6.32. The summed E-state index contributed by atoms with van der Waals surface area (Å²) in [6, 6.07) is 5.37. The van der Waals surface area contributed by atoms with Gasteiger partial charge in [-0.15, -0.1) is 0 Å². The second kappa shape index (κ2) is 7.52. The van der Waals surface area contributed by atoms with E-state index in [0.29, 0.717) is 18.4 Å². The number of hydrogen-bond donors (Lipinski definition) is 2. The summed E-state index contributed by atoms with van der Waals surface area (Å²) in [5.74, 6) is 0.00574. The van der Waals surface area contributed by atoms with Crippen LogP contribution >= 0.6 is 0 Å². The highest BCUT2D eigenvalue weighted by Crippen LogP contribution is 2.13. The lowest BCUT2D eigenvalue weighted by Gasteiger charge is -2.14. The van der Waals surface area contributed by atoms with Crippen LogP contribution in [0.1, 0.15) is 43.5 Å². The van der Waals surface area contributed by atoms with Gasteiger partial charge in [-0.1, -0.05) is 26.0 Å². The SMILES string of the molecule is CCCC(=O)c1ccc(S(=O)(=O)NC(CC)CO)cc1. The minimum Gasteiger partial charge on any atom is -0.395 e. The van der Waals surface area contributed by atoms with Crippen LogP contribution < -0.4 is 4.72 Å². The third kappa shape index (κ3) is 4.40. The molecule has 0 fully saturated rings. The van der Waals surface area contributed by atoms with Crippen LogP contribution in [-0.2, 0) is 10.0 Å². The molecule has 112 valence electrons. The molecule has 1 rings (SSSR count). The van der Waals surface area contributed by atoms with Crippen molar-refractivity contribution in [2.75, 3.05) is 6.61 Å². The quantitative estimate of drug-likeness (QED) is 0.716. The molecule has 0 saturated carbocycles. The summed E-state index contributed by atoms with van der Waals surface area (Å²) in [5, 5.41) is 9.04. The summed E-state index contributed by atoms with van der Waals surface area (Å²) in [7, 11) is -3.66. The van der Waals surface area contributed by atoms with Gasteiger partial charge in [-0.25, -0.2) is 13.1 Å². The Labute approximate surface area is 120 Å². The lowest BCUT2D eigenvalue weighted by atomic mass is 10.1. The average molecular weight is 299 g/mol. The maximum absolute atomic E-state index is 12.1. The summed E-state index contributed by atoms with van der Waals surface area (Å²) in [6.45, 7) is 3.46. The fourth-order valence-corrected chi connectivity index (χ4v) is 3.04. The number of aliphatic hydroxyl groups is 1. The molecule has 0 saturated heterocycles. The Bertz CT molecular complexity index is 533. The average Bonchev–Trinajstić information content (AvgIpc) is 2.45. The minimum atomic E-state index is -3.66. The van der Waals surface area contributed by atoms with Crippen LogP contribution in [0.25, 0.3) is 0 Å². The molecule has 0 aromatic heterocycles. The van der Waals surface area contributed by atoms with E-state index in [4.69, 9.17) is 5.11 Å². The molecule has 1 aromatic rings. The standard InChI is InChI=1S/C14H21NO4S/c1-3-5-14(17)11-6-8-13(9-7-11)20(18,19)15-12(4-2)10-16/h6-9,12,15-16H,3-5,10H2,1-2H3. The van der Waals surface area contributed by atoms with E-state index in [2.05, 4.69) is 4.72 Å². The Morgan fingerprint density at radius 2 is 1.85 bits per heavy atom.